The molecule has 0 bridgehead atoms. The lowest BCUT2D eigenvalue weighted by Crippen LogP contribution is -2.52. The van der Waals surface area contributed by atoms with E-state index < -0.39 is 51.7 Å². The van der Waals surface area contributed by atoms with Gasteiger partial charge in [0, 0.05) is 99.1 Å². The smallest absolute Gasteiger partial charge is 0.304 e. The molecule has 25 heteroatoms. The van der Waals surface area contributed by atoms with Crippen molar-refractivity contribution in [2.75, 3.05) is 26.2 Å². The quantitative estimate of drug-likeness (QED) is 0.0221. The van der Waals surface area contributed by atoms with Gasteiger partial charge in [0.2, 0.25) is 41.4 Å². The Morgan fingerprint density at radius 3 is 1.32 bits per heavy atom. The van der Waals surface area contributed by atoms with E-state index in [-0.39, 0.29) is 125 Å². The number of aliphatic carboxylic acids is 1. The molecule has 21 nitrogen and oxygen atoms in total. The van der Waals surface area contributed by atoms with Crippen LogP contribution in [0.25, 0.3) is 0 Å². The van der Waals surface area contributed by atoms with E-state index >= 15 is 0 Å². The Kier molecular flexibility index (Phi) is 41.7. The van der Waals surface area contributed by atoms with Crippen LogP contribution in [0.3, 0.4) is 0 Å². The maximum Gasteiger partial charge on any atom is 0.304 e. The Morgan fingerprint density at radius 2 is 0.961 bits per heavy atom. The summed E-state index contributed by atoms with van der Waals surface area (Å²) in [5, 5.41) is 13.2. The van der Waals surface area contributed by atoms with E-state index in [1.54, 1.807) is 65.1 Å². The van der Waals surface area contributed by atoms with Crippen molar-refractivity contribution >= 4 is 124 Å². The Morgan fingerprint density at radius 1 is 0.553 bits per heavy atom. The van der Waals surface area contributed by atoms with Crippen molar-refractivity contribution in [1.29, 1.82) is 0 Å². The lowest BCUT2D eigenvalue weighted by atomic mass is 9.73. The topological polar surface area (TPSA) is 320 Å². The number of nitrogens with zero attached hydrogens (tertiary/aromatic N) is 4. The highest BCUT2D eigenvalue weighted by atomic mass is 32.2. The first-order chi connectivity index (χ1) is 46.1. The number of nitrogens with two attached hydrogens (primary N) is 2. The minimum absolute atomic E-state index is 0.0159. The first-order valence-electron chi connectivity index (χ1n) is 36.7. The molecule has 103 heavy (non-hydrogen) atoms. The van der Waals surface area contributed by atoms with Gasteiger partial charge in [0.1, 0.15) is 29.3 Å². The number of carbonyl (C=O) groups is 12. The number of thiol groups is 1. The fourth-order valence-corrected chi connectivity index (χ4v) is 14.4. The van der Waals surface area contributed by atoms with Gasteiger partial charge < -0.3 is 26.7 Å². The van der Waals surface area contributed by atoms with Crippen LogP contribution in [0.5, 0.6) is 0 Å². The molecular weight excluding hydrogens is 1390 g/mol. The molecule has 0 aromatic heterocycles. The first kappa shape index (κ1) is 101. The minimum Gasteiger partial charge on any atom is -0.481 e. The van der Waals surface area contributed by atoms with E-state index in [1.807, 2.05) is 90.0 Å². The number of likely N-dealkylation sites (tertiary alicyclic amines) is 3. The summed E-state index contributed by atoms with van der Waals surface area (Å²) in [7, 11) is 0. The largest absolute Gasteiger partial charge is 0.481 e. The summed E-state index contributed by atoms with van der Waals surface area (Å²) in [6.45, 7) is 62.4. The lowest BCUT2D eigenvalue weighted by molar-refractivity contribution is -0.148. The molecule has 1 saturated carbocycles. The lowest BCUT2D eigenvalue weighted by Gasteiger charge is -2.33. The first-order valence-corrected chi connectivity index (χ1v) is 39.9. The Bertz CT molecular complexity index is 2860. The number of carbonyl (C=O) groups excluding carboxylic acids is 11. The summed E-state index contributed by atoms with van der Waals surface area (Å²) >= 11 is 8.50. The number of amides is 7. The van der Waals surface area contributed by atoms with Crippen molar-refractivity contribution in [2.24, 2.45) is 61.5 Å². The standard InChI is InChI=1S/C20H33NO3S.C18H31NO3S.C15H26N2O3S.C11H20N2O4S.C10H21NO.C4H10/c1-19(2,3)17(23)14-9-7-13(8-10-14)12-21-16(22)11-15(18(21)24)25-20(4,5)6;1-17(2,3)14(20)10-8-7-9-11-19-15(21)12-13(16(19)22)23-18(4,5)6;1-14(2,3)12(19)9(8-16)17-11(18)7-10(13(17)20)21-15(4,5)6;1-11(2,3)9(16)6(5-12)13-10(17)7(18)4-8(14)15;1-8(9(2,3)4)11-12-10(5,6)7;1-4(2)3/h13-15H,7-12H2,1-6H3;13H,7-12H2,1-6H3;9-10H,7-8,16H2,1-6H3;6-7,18H,4-5,12H2,1-3H3,(H,13,17)(H,14,15);1-7H3;4H,1-3H3/b;;;;11-8+;. The molecule has 6 N–H and O–H groups in total. The number of rotatable bonds is 22. The van der Waals surface area contributed by atoms with Gasteiger partial charge >= 0.3 is 5.97 Å². The van der Waals surface area contributed by atoms with Crippen LogP contribution in [-0.4, -0.2) is 175 Å². The number of hydrogen-bond acceptors (Lipinski definition) is 20. The minimum atomic E-state index is -1.13. The third-order valence-corrected chi connectivity index (χ3v) is 20.4. The molecule has 3 saturated heterocycles. The van der Waals surface area contributed by atoms with Gasteiger partial charge in [0.05, 0.1) is 33.1 Å². The molecule has 0 radical (unpaired) electrons. The average molecular weight is 1530 g/mol. The SMILES string of the molecule is C/C(=N\OC(C)(C)C)C(C)(C)C.CC(C)(C)C(=O)C(CN)NC(=O)C(S)CC(=O)O.CC(C)(C)SC1CC(=O)N(C(CN)C(=O)C(C)(C)C)C1=O.CC(C)(C)SC1CC(=O)N(CC2CCC(C(=O)C(C)(C)C)CC2)C1=O.CC(C)(C)SC1CC(=O)N(CCCCCC(=O)C(C)(C)C)C1=O.CC(C)C. The number of thioether (sulfide) groups is 3. The van der Waals surface area contributed by atoms with Crippen LogP contribution in [0.2, 0.25) is 0 Å². The number of nitrogens with one attached hydrogen (secondary N) is 1. The summed E-state index contributed by atoms with van der Waals surface area (Å²) in [5.41, 5.74) is 10.2. The number of unbranched alkanes of at least 4 members (excludes halogenated alkanes) is 2. The van der Waals surface area contributed by atoms with Crippen molar-refractivity contribution in [3.8, 4) is 0 Å². The third kappa shape index (κ3) is 40.6. The Balaban J connectivity index is 0. The van der Waals surface area contributed by atoms with Crippen LogP contribution in [-0.2, 0) is 62.4 Å². The van der Waals surface area contributed by atoms with E-state index in [4.69, 9.17) is 21.4 Å². The van der Waals surface area contributed by atoms with E-state index in [9.17, 15) is 57.5 Å². The van der Waals surface area contributed by atoms with E-state index in [1.165, 1.54) is 21.6 Å². The van der Waals surface area contributed by atoms with E-state index in [2.05, 4.69) is 106 Å². The van der Waals surface area contributed by atoms with Gasteiger partial charge in [0.15, 0.2) is 11.6 Å². The zero-order chi connectivity index (χ0) is 81.5. The van der Waals surface area contributed by atoms with Crippen molar-refractivity contribution in [3.63, 3.8) is 0 Å². The van der Waals surface area contributed by atoms with E-state index in [0.717, 1.165) is 61.5 Å². The molecule has 4 fully saturated rings. The van der Waals surface area contributed by atoms with Crippen LogP contribution in [0.1, 0.15) is 292 Å². The van der Waals surface area contributed by atoms with Crippen LogP contribution in [0, 0.1) is 44.8 Å². The van der Waals surface area contributed by atoms with Gasteiger partial charge in [-0.05, 0) is 78.1 Å². The summed E-state index contributed by atoms with van der Waals surface area (Å²) in [6, 6.07) is -1.67. The van der Waals surface area contributed by atoms with Crippen LogP contribution >= 0.6 is 47.9 Å². The molecule has 6 atom stereocenters. The van der Waals surface area contributed by atoms with Gasteiger partial charge in [-0.25, -0.2) is 0 Å². The van der Waals surface area contributed by atoms with Gasteiger partial charge in [-0.2, -0.15) is 12.6 Å². The molecule has 3 aliphatic heterocycles. The van der Waals surface area contributed by atoms with Crippen molar-refractivity contribution in [2.45, 2.75) is 345 Å². The third-order valence-electron chi connectivity index (χ3n) is 16.0. The van der Waals surface area contributed by atoms with Crippen molar-refractivity contribution in [1.82, 2.24) is 20.0 Å². The van der Waals surface area contributed by atoms with Crippen LogP contribution in [0.15, 0.2) is 5.16 Å². The maximum atomic E-state index is 12.6. The average Bonchev–Trinajstić information content (AvgIpc) is 1.67. The Hall–Kier alpha value is -4.17. The van der Waals surface area contributed by atoms with Gasteiger partial charge in [0.25, 0.3) is 0 Å². The highest BCUT2D eigenvalue weighted by molar-refractivity contribution is 8.02. The highest BCUT2D eigenvalue weighted by Crippen LogP contribution is 2.40. The second-order valence-electron chi connectivity index (χ2n) is 37.2. The Labute approximate surface area is 640 Å². The predicted molar refractivity (Wildman–Crippen MR) is 427 cm³/mol. The number of Topliss-reactive ketones (excluding diaryl/α,β-unsaturated/α-hetero) is 4. The molecule has 0 aromatic rings. The zero-order valence-electron chi connectivity index (χ0n) is 69.4. The number of carboxylic acid groups (broad SMARTS) is 1. The monoisotopic (exact) mass is 1530 g/mol. The number of imide groups is 3. The van der Waals surface area contributed by atoms with Crippen molar-refractivity contribution < 1.29 is 67.5 Å². The van der Waals surface area contributed by atoms with Gasteiger partial charge in [-0.3, -0.25) is 72.2 Å². The molecule has 6 unspecified atom stereocenters. The molecular formula is C78H141N7O14S4. The summed E-state index contributed by atoms with van der Waals surface area (Å²) in [4.78, 5) is 154. The maximum absolute atomic E-state index is 12.6. The fraction of sp³-hybridized carbons (Fsp3) is 0.833. The molecule has 596 valence electrons. The molecule has 4 aliphatic rings. The van der Waals surface area contributed by atoms with Crippen LogP contribution < -0.4 is 16.8 Å². The fourth-order valence-electron chi connectivity index (χ4n) is 10.3. The number of carboxylic acids is 1. The molecule has 4 rings (SSSR count). The summed E-state index contributed by atoms with van der Waals surface area (Å²) < 4.78 is -0.172. The van der Waals surface area contributed by atoms with Gasteiger partial charge in [-0.1, -0.05) is 199 Å². The molecule has 7 amide bonds. The number of ketones is 4. The van der Waals surface area contributed by atoms with Crippen molar-refractivity contribution in [3.05, 3.63) is 0 Å². The highest BCUT2D eigenvalue weighted by Gasteiger charge is 2.48. The second-order valence-corrected chi connectivity index (χ2v) is 43.9. The zero-order valence-corrected chi connectivity index (χ0v) is 72.7. The molecule has 3 heterocycles. The van der Waals surface area contributed by atoms with E-state index in [0.29, 0.717) is 44.1 Å². The summed E-state index contributed by atoms with van der Waals surface area (Å²) in [6.07, 6.45) is 7.08. The predicted octanol–water partition coefficient (Wildman–Crippen LogP) is 14.2. The normalized spacial score (nSPS) is 20.4. The van der Waals surface area contributed by atoms with Crippen LogP contribution in [0.4, 0.5) is 0 Å². The number of oxime groups is 1. The second kappa shape index (κ2) is 42.5. The summed E-state index contributed by atoms with van der Waals surface area (Å²) in [5.74, 6) is -0.884. The number of hydrogen-bond donors (Lipinski definition) is 5. The van der Waals surface area contributed by atoms with Gasteiger partial charge in [-0.15, -0.1) is 35.3 Å². The molecule has 1 aliphatic carbocycles. The molecule has 0 spiro atoms. The molecule has 0 aromatic carbocycles.